The Morgan fingerprint density at radius 1 is 1.61 bits per heavy atom. The van der Waals surface area contributed by atoms with Crippen molar-refractivity contribution >= 4 is 11.8 Å². The van der Waals surface area contributed by atoms with Gasteiger partial charge in [-0.25, -0.2) is 0 Å². The fourth-order valence-electron chi connectivity index (χ4n) is 2.07. The summed E-state index contributed by atoms with van der Waals surface area (Å²) in [6.07, 6.45) is 2.69. The summed E-state index contributed by atoms with van der Waals surface area (Å²) in [4.78, 5) is 25.3. The topological polar surface area (TPSA) is 78.1 Å². The lowest BCUT2D eigenvalue weighted by Crippen LogP contribution is -2.42. The second-order valence-electron chi connectivity index (χ2n) is 4.58. The minimum Gasteiger partial charge on any atom is -0.300 e. The van der Waals surface area contributed by atoms with Crippen LogP contribution < -0.4 is 5.32 Å². The molecule has 0 bridgehead atoms. The molecule has 1 aromatic heterocycles. The molecule has 0 radical (unpaired) electrons. The van der Waals surface area contributed by atoms with Crippen LogP contribution in [0.3, 0.4) is 0 Å². The molecule has 2 unspecified atom stereocenters. The van der Waals surface area contributed by atoms with Crippen LogP contribution in [0.4, 0.5) is 0 Å². The average Bonchev–Trinajstić information content (AvgIpc) is 2.95. The molecule has 2 rings (SSSR count). The molecule has 2 amide bonds. The number of nitrogens with one attached hydrogen (secondary N) is 2. The van der Waals surface area contributed by atoms with Crippen molar-refractivity contribution in [2.24, 2.45) is 0 Å². The van der Waals surface area contributed by atoms with Gasteiger partial charge in [-0.3, -0.25) is 24.9 Å². The maximum atomic E-state index is 12.1. The third-order valence-corrected chi connectivity index (χ3v) is 3.31. The Kier molecular flexibility index (Phi) is 3.76. The number of rotatable bonds is 5. The van der Waals surface area contributed by atoms with Crippen LogP contribution in [0.5, 0.6) is 0 Å². The van der Waals surface area contributed by atoms with Crippen molar-refractivity contribution in [2.45, 2.75) is 45.3 Å². The Labute approximate surface area is 106 Å². The van der Waals surface area contributed by atoms with Gasteiger partial charge in [0, 0.05) is 24.5 Å². The Morgan fingerprint density at radius 2 is 2.39 bits per heavy atom. The summed E-state index contributed by atoms with van der Waals surface area (Å²) in [6.45, 7) is 4.38. The molecule has 2 N–H and O–H groups in total. The van der Waals surface area contributed by atoms with Crippen molar-refractivity contribution in [3.05, 3.63) is 18.0 Å². The number of hydrogen-bond acceptors (Lipinski definition) is 4. The molecule has 6 heteroatoms. The predicted octanol–water partition coefficient (Wildman–Crippen LogP) is 0.425. The Morgan fingerprint density at radius 3 is 3.00 bits per heavy atom. The van der Waals surface area contributed by atoms with Gasteiger partial charge in [0.25, 0.3) is 0 Å². The summed E-state index contributed by atoms with van der Waals surface area (Å²) >= 11 is 0. The molecular weight excluding hydrogens is 232 g/mol. The van der Waals surface area contributed by atoms with E-state index in [1.54, 1.807) is 6.20 Å². The lowest BCUT2D eigenvalue weighted by Gasteiger charge is -2.21. The molecule has 1 saturated heterocycles. The van der Waals surface area contributed by atoms with E-state index in [0.29, 0.717) is 6.54 Å². The first-order valence-corrected chi connectivity index (χ1v) is 6.21. The summed E-state index contributed by atoms with van der Waals surface area (Å²) in [5, 5.41) is 9.73. The van der Waals surface area contributed by atoms with Gasteiger partial charge < -0.3 is 0 Å². The molecule has 2 atom stereocenters. The van der Waals surface area contributed by atoms with Crippen molar-refractivity contribution in [1.82, 2.24) is 20.4 Å². The fourth-order valence-corrected chi connectivity index (χ4v) is 2.07. The Bertz CT molecular complexity index is 429. The van der Waals surface area contributed by atoms with Crippen molar-refractivity contribution in [3.8, 4) is 0 Å². The normalized spacial score (nSPS) is 21.7. The average molecular weight is 250 g/mol. The third kappa shape index (κ3) is 2.43. The van der Waals surface area contributed by atoms with Gasteiger partial charge in [0.15, 0.2) is 0 Å². The number of H-pyrrole nitrogens is 1. The first-order valence-electron chi connectivity index (χ1n) is 6.21. The van der Waals surface area contributed by atoms with Crippen LogP contribution in [0.2, 0.25) is 0 Å². The molecule has 18 heavy (non-hydrogen) atoms. The largest absolute Gasteiger partial charge is 0.300 e. The molecule has 6 nitrogen and oxygen atoms in total. The second kappa shape index (κ2) is 5.30. The van der Waals surface area contributed by atoms with Gasteiger partial charge in [-0.15, -0.1) is 0 Å². The molecule has 0 aromatic carbocycles. The molecule has 0 aliphatic carbocycles. The summed E-state index contributed by atoms with van der Waals surface area (Å²) < 4.78 is 0. The zero-order valence-electron chi connectivity index (χ0n) is 10.6. The minimum absolute atomic E-state index is 0.0241. The molecule has 1 aromatic rings. The van der Waals surface area contributed by atoms with Crippen LogP contribution in [0, 0.1) is 0 Å². The second-order valence-corrected chi connectivity index (χ2v) is 4.58. The van der Waals surface area contributed by atoms with Gasteiger partial charge in [-0.1, -0.05) is 6.92 Å². The highest BCUT2D eigenvalue weighted by atomic mass is 16.2. The number of aromatic amines is 1. The highest BCUT2D eigenvalue weighted by molar-refractivity contribution is 6.05. The minimum atomic E-state index is -0.408. The van der Waals surface area contributed by atoms with Crippen LogP contribution in [0.15, 0.2) is 12.3 Å². The van der Waals surface area contributed by atoms with Gasteiger partial charge in [0.05, 0.1) is 12.5 Å². The summed E-state index contributed by atoms with van der Waals surface area (Å²) in [7, 11) is 0. The first kappa shape index (κ1) is 12.8. The molecule has 1 aliphatic heterocycles. The zero-order valence-corrected chi connectivity index (χ0v) is 10.6. The zero-order chi connectivity index (χ0) is 13.1. The van der Waals surface area contributed by atoms with Gasteiger partial charge >= 0.3 is 0 Å². The lowest BCUT2D eigenvalue weighted by molar-refractivity contribution is -0.141. The van der Waals surface area contributed by atoms with Crippen LogP contribution in [0.1, 0.15) is 32.4 Å². The molecule has 1 fully saturated rings. The summed E-state index contributed by atoms with van der Waals surface area (Å²) in [6, 6.07) is 1.40. The Balaban J connectivity index is 1.95. The standard InChI is InChI=1S/C12H18N4O2/c1-3-8(2)16-11(17)6-10(12(16)18)13-7-9-4-5-14-15-9/h4-5,8,10,13H,3,6-7H2,1-2H3,(H,14,15). The van der Waals surface area contributed by atoms with Crippen molar-refractivity contribution in [2.75, 3.05) is 0 Å². The summed E-state index contributed by atoms with van der Waals surface area (Å²) in [5.41, 5.74) is 0.900. The number of aromatic nitrogens is 2. The van der Waals surface area contributed by atoms with E-state index in [1.807, 2.05) is 19.9 Å². The van der Waals surface area contributed by atoms with Gasteiger partial charge in [-0.05, 0) is 19.4 Å². The van der Waals surface area contributed by atoms with E-state index < -0.39 is 6.04 Å². The molecule has 0 saturated carbocycles. The maximum absolute atomic E-state index is 12.1. The van der Waals surface area contributed by atoms with E-state index in [0.717, 1.165) is 12.1 Å². The molecule has 2 heterocycles. The van der Waals surface area contributed by atoms with Crippen molar-refractivity contribution in [3.63, 3.8) is 0 Å². The number of likely N-dealkylation sites (tertiary alicyclic amines) is 1. The SMILES string of the molecule is CCC(C)N1C(=O)CC(NCc2ccn[nH]2)C1=O. The molecule has 1 aliphatic rings. The van der Waals surface area contributed by atoms with Gasteiger partial charge in [0.1, 0.15) is 0 Å². The molecule has 98 valence electrons. The quantitative estimate of drug-likeness (QED) is 0.743. The maximum Gasteiger partial charge on any atom is 0.247 e. The van der Waals surface area contributed by atoms with Crippen molar-refractivity contribution < 1.29 is 9.59 Å². The number of hydrogen-bond donors (Lipinski definition) is 2. The predicted molar refractivity (Wildman–Crippen MR) is 65.4 cm³/mol. The van der Waals surface area contributed by atoms with E-state index in [2.05, 4.69) is 15.5 Å². The number of carbonyl (C=O) groups excluding carboxylic acids is 2. The van der Waals surface area contributed by atoms with Crippen LogP contribution in [-0.2, 0) is 16.1 Å². The first-order chi connectivity index (χ1) is 8.63. The highest BCUT2D eigenvalue weighted by Crippen LogP contribution is 2.18. The summed E-state index contributed by atoms with van der Waals surface area (Å²) in [5.74, 6) is -0.203. The van der Waals surface area contributed by atoms with Crippen LogP contribution >= 0.6 is 0 Å². The highest BCUT2D eigenvalue weighted by Gasteiger charge is 2.40. The molecular formula is C12H18N4O2. The van der Waals surface area contributed by atoms with E-state index in [1.165, 1.54) is 4.90 Å². The van der Waals surface area contributed by atoms with E-state index in [-0.39, 0.29) is 24.3 Å². The number of amides is 2. The smallest absolute Gasteiger partial charge is 0.247 e. The van der Waals surface area contributed by atoms with Crippen LogP contribution in [-0.4, -0.2) is 39.0 Å². The lowest BCUT2D eigenvalue weighted by atomic mass is 10.2. The number of carbonyl (C=O) groups is 2. The Hall–Kier alpha value is -1.69. The van der Waals surface area contributed by atoms with Gasteiger partial charge in [0.2, 0.25) is 11.8 Å². The molecule has 0 spiro atoms. The number of nitrogens with zero attached hydrogens (tertiary/aromatic N) is 2. The van der Waals surface area contributed by atoms with E-state index in [9.17, 15) is 9.59 Å². The number of imide groups is 1. The van der Waals surface area contributed by atoms with Crippen LogP contribution in [0.25, 0.3) is 0 Å². The monoisotopic (exact) mass is 250 g/mol. The fraction of sp³-hybridized carbons (Fsp3) is 0.583. The van der Waals surface area contributed by atoms with Crippen molar-refractivity contribution in [1.29, 1.82) is 0 Å². The van der Waals surface area contributed by atoms with E-state index >= 15 is 0 Å². The van der Waals surface area contributed by atoms with Gasteiger partial charge in [-0.2, -0.15) is 5.10 Å². The van der Waals surface area contributed by atoms with E-state index in [4.69, 9.17) is 0 Å². The third-order valence-electron chi connectivity index (χ3n) is 3.31.